The predicted octanol–water partition coefficient (Wildman–Crippen LogP) is 3.26. The fraction of sp³-hybridized carbons (Fsp3) is 0.231. The lowest BCUT2D eigenvalue weighted by molar-refractivity contribution is 0.321. The summed E-state index contributed by atoms with van der Waals surface area (Å²) < 4.78 is 5.72. The molecule has 0 aliphatic rings. The van der Waals surface area contributed by atoms with E-state index in [0.717, 1.165) is 23.4 Å². The summed E-state index contributed by atoms with van der Waals surface area (Å²) in [4.78, 5) is 1.35. The van der Waals surface area contributed by atoms with Crippen molar-refractivity contribution in [3.8, 4) is 5.75 Å². The van der Waals surface area contributed by atoms with E-state index >= 15 is 0 Å². The zero-order valence-corrected chi connectivity index (χ0v) is 10.1. The molecule has 3 heteroatoms. The largest absolute Gasteiger partial charge is 0.493 e. The number of rotatable bonds is 4. The van der Waals surface area contributed by atoms with Crippen LogP contribution in [0.15, 0.2) is 35.7 Å². The Balaban J connectivity index is 1.90. The molecular formula is C13H15NOS. The summed E-state index contributed by atoms with van der Waals surface area (Å²) >= 11 is 1.76. The van der Waals surface area contributed by atoms with Gasteiger partial charge in [0, 0.05) is 17.0 Å². The van der Waals surface area contributed by atoms with Gasteiger partial charge in [-0.25, -0.2) is 0 Å². The Morgan fingerprint density at radius 1 is 1.31 bits per heavy atom. The van der Waals surface area contributed by atoms with Crippen LogP contribution in [0.1, 0.15) is 10.4 Å². The van der Waals surface area contributed by atoms with E-state index < -0.39 is 0 Å². The van der Waals surface area contributed by atoms with Crippen LogP contribution in [0.2, 0.25) is 0 Å². The van der Waals surface area contributed by atoms with Crippen LogP contribution < -0.4 is 10.5 Å². The summed E-state index contributed by atoms with van der Waals surface area (Å²) in [6.45, 7) is 2.72. The fourth-order valence-corrected chi connectivity index (χ4v) is 2.24. The third-order valence-electron chi connectivity index (χ3n) is 2.39. The van der Waals surface area contributed by atoms with Crippen molar-refractivity contribution in [2.45, 2.75) is 13.3 Å². The first-order valence-electron chi connectivity index (χ1n) is 5.27. The van der Waals surface area contributed by atoms with Gasteiger partial charge in [0.25, 0.3) is 0 Å². The second-order valence-electron chi connectivity index (χ2n) is 3.70. The summed E-state index contributed by atoms with van der Waals surface area (Å²) in [5.74, 6) is 0.922. The van der Waals surface area contributed by atoms with Crippen LogP contribution in [0.3, 0.4) is 0 Å². The van der Waals surface area contributed by atoms with Gasteiger partial charge in [-0.3, -0.25) is 0 Å². The van der Waals surface area contributed by atoms with Crippen LogP contribution in [0.5, 0.6) is 5.75 Å². The Morgan fingerprint density at radius 3 is 2.88 bits per heavy atom. The Labute approximate surface area is 99.7 Å². The highest BCUT2D eigenvalue weighted by Crippen LogP contribution is 2.20. The smallest absolute Gasteiger partial charge is 0.122 e. The van der Waals surface area contributed by atoms with Gasteiger partial charge in [-0.2, -0.15) is 0 Å². The highest BCUT2D eigenvalue weighted by molar-refractivity contribution is 7.09. The molecule has 2 rings (SSSR count). The molecule has 0 saturated carbocycles. The van der Waals surface area contributed by atoms with E-state index in [1.165, 1.54) is 4.88 Å². The molecule has 0 atom stereocenters. The van der Waals surface area contributed by atoms with Crippen molar-refractivity contribution < 1.29 is 4.74 Å². The van der Waals surface area contributed by atoms with Crippen LogP contribution in [0, 0.1) is 6.92 Å². The highest BCUT2D eigenvalue weighted by Gasteiger charge is 2.00. The molecule has 16 heavy (non-hydrogen) atoms. The topological polar surface area (TPSA) is 35.2 Å². The minimum Gasteiger partial charge on any atom is -0.493 e. The molecule has 84 valence electrons. The van der Waals surface area contributed by atoms with Gasteiger partial charge in [0.05, 0.1) is 6.61 Å². The molecule has 1 heterocycles. The monoisotopic (exact) mass is 233 g/mol. The molecule has 2 aromatic rings. The van der Waals surface area contributed by atoms with Gasteiger partial charge in [-0.15, -0.1) is 11.3 Å². The Bertz CT molecular complexity index is 451. The zero-order chi connectivity index (χ0) is 11.4. The molecular weight excluding hydrogens is 218 g/mol. The molecule has 0 unspecified atom stereocenters. The number of ether oxygens (including phenoxy) is 1. The zero-order valence-electron chi connectivity index (χ0n) is 9.27. The third-order valence-corrected chi connectivity index (χ3v) is 3.32. The number of hydrogen-bond donors (Lipinski definition) is 1. The van der Waals surface area contributed by atoms with Crippen molar-refractivity contribution in [3.05, 3.63) is 46.2 Å². The number of hydrogen-bond acceptors (Lipinski definition) is 3. The van der Waals surface area contributed by atoms with Crippen molar-refractivity contribution in [2.75, 3.05) is 12.3 Å². The molecule has 0 radical (unpaired) electrons. The van der Waals surface area contributed by atoms with E-state index in [-0.39, 0.29) is 0 Å². The molecule has 2 N–H and O–H groups in total. The van der Waals surface area contributed by atoms with Crippen LogP contribution >= 0.6 is 11.3 Å². The van der Waals surface area contributed by atoms with Crippen molar-refractivity contribution in [1.29, 1.82) is 0 Å². The molecule has 2 nitrogen and oxygen atoms in total. The van der Waals surface area contributed by atoms with E-state index in [1.54, 1.807) is 11.3 Å². The van der Waals surface area contributed by atoms with E-state index in [0.29, 0.717) is 6.61 Å². The van der Waals surface area contributed by atoms with Crippen LogP contribution in [-0.4, -0.2) is 6.61 Å². The van der Waals surface area contributed by atoms with Gasteiger partial charge in [-0.05, 0) is 42.1 Å². The lowest BCUT2D eigenvalue weighted by Crippen LogP contribution is -2.01. The molecule has 0 fully saturated rings. The maximum atomic E-state index is 5.72. The second kappa shape index (κ2) is 5.03. The third kappa shape index (κ3) is 2.76. The first-order chi connectivity index (χ1) is 7.75. The normalized spacial score (nSPS) is 10.3. The molecule has 0 spiro atoms. The Hall–Kier alpha value is -1.48. The fourth-order valence-electron chi connectivity index (χ4n) is 1.55. The lowest BCUT2D eigenvalue weighted by atomic mass is 10.2. The van der Waals surface area contributed by atoms with Gasteiger partial charge in [0.1, 0.15) is 5.75 Å². The quantitative estimate of drug-likeness (QED) is 0.823. The minimum atomic E-state index is 0.714. The van der Waals surface area contributed by atoms with Crippen LogP contribution in [0.4, 0.5) is 5.69 Å². The number of nitrogens with two attached hydrogens (primary N) is 1. The Morgan fingerprint density at radius 2 is 2.19 bits per heavy atom. The van der Waals surface area contributed by atoms with Gasteiger partial charge < -0.3 is 10.5 Å². The summed E-state index contributed by atoms with van der Waals surface area (Å²) in [6, 6.07) is 9.92. The SMILES string of the molecule is Cc1cc(N)ccc1OCCc1cccs1. The summed E-state index contributed by atoms with van der Waals surface area (Å²) in [6.07, 6.45) is 0.960. The van der Waals surface area contributed by atoms with Gasteiger partial charge >= 0.3 is 0 Å². The summed E-state index contributed by atoms with van der Waals surface area (Å²) in [7, 11) is 0. The summed E-state index contributed by atoms with van der Waals surface area (Å²) in [5.41, 5.74) is 7.55. The van der Waals surface area contributed by atoms with Gasteiger partial charge in [0.2, 0.25) is 0 Å². The van der Waals surface area contributed by atoms with Gasteiger partial charge in [0.15, 0.2) is 0 Å². The van der Waals surface area contributed by atoms with E-state index in [9.17, 15) is 0 Å². The minimum absolute atomic E-state index is 0.714. The van der Waals surface area contributed by atoms with Crippen molar-refractivity contribution in [1.82, 2.24) is 0 Å². The molecule has 1 aromatic heterocycles. The van der Waals surface area contributed by atoms with Crippen molar-refractivity contribution in [2.24, 2.45) is 0 Å². The average Bonchev–Trinajstić information content (AvgIpc) is 2.74. The highest BCUT2D eigenvalue weighted by atomic mass is 32.1. The van der Waals surface area contributed by atoms with E-state index in [1.807, 2.05) is 25.1 Å². The standard InChI is InChI=1S/C13H15NOS/c1-10-9-11(14)4-5-13(10)15-7-6-12-3-2-8-16-12/h2-5,8-9H,6-7,14H2,1H3. The van der Waals surface area contributed by atoms with E-state index in [2.05, 4.69) is 17.5 Å². The van der Waals surface area contributed by atoms with Crippen LogP contribution in [-0.2, 0) is 6.42 Å². The van der Waals surface area contributed by atoms with Crippen LogP contribution in [0.25, 0.3) is 0 Å². The summed E-state index contributed by atoms with van der Waals surface area (Å²) in [5, 5.41) is 2.09. The van der Waals surface area contributed by atoms with E-state index in [4.69, 9.17) is 10.5 Å². The lowest BCUT2D eigenvalue weighted by Gasteiger charge is -2.08. The van der Waals surface area contributed by atoms with Crippen molar-refractivity contribution >= 4 is 17.0 Å². The first kappa shape index (κ1) is 11.0. The second-order valence-corrected chi connectivity index (χ2v) is 4.74. The molecule has 0 amide bonds. The molecule has 0 aliphatic carbocycles. The maximum Gasteiger partial charge on any atom is 0.122 e. The number of aryl methyl sites for hydroxylation is 1. The van der Waals surface area contributed by atoms with Crippen molar-refractivity contribution in [3.63, 3.8) is 0 Å². The predicted molar refractivity (Wildman–Crippen MR) is 69.1 cm³/mol. The van der Waals surface area contributed by atoms with Gasteiger partial charge in [-0.1, -0.05) is 6.07 Å². The average molecular weight is 233 g/mol. The first-order valence-corrected chi connectivity index (χ1v) is 6.15. The maximum absolute atomic E-state index is 5.72. The number of anilines is 1. The molecule has 1 aromatic carbocycles. The Kier molecular flexibility index (Phi) is 3.47. The number of benzene rings is 1. The molecule has 0 aliphatic heterocycles. The molecule has 0 saturated heterocycles. The number of nitrogen functional groups attached to an aromatic ring is 1. The molecule has 0 bridgehead atoms. The number of thiophene rings is 1.